The van der Waals surface area contributed by atoms with Crippen molar-refractivity contribution in [1.29, 1.82) is 0 Å². The van der Waals surface area contributed by atoms with Crippen molar-refractivity contribution in [2.75, 3.05) is 0 Å². The summed E-state index contributed by atoms with van der Waals surface area (Å²) in [5, 5.41) is 0. The van der Waals surface area contributed by atoms with E-state index in [0.717, 1.165) is 18.5 Å². The Morgan fingerprint density at radius 3 is 2.25 bits per heavy atom. The predicted octanol–water partition coefficient (Wildman–Crippen LogP) is 6.37. The summed E-state index contributed by atoms with van der Waals surface area (Å²) in [6.45, 7) is 0. The molecule has 0 spiro atoms. The van der Waals surface area contributed by atoms with Gasteiger partial charge in [0.2, 0.25) is 0 Å². The van der Waals surface area contributed by atoms with Crippen LogP contribution < -0.4 is 4.74 Å². The Bertz CT molecular complexity index is 1170. The Morgan fingerprint density at radius 1 is 0.750 bits per heavy atom. The maximum absolute atomic E-state index is 12.8. The molecule has 1 aliphatic rings. The zero-order valence-electron chi connectivity index (χ0n) is 17.9. The van der Waals surface area contributed by atoms with Crippen molar-refractivity contribution in [2.24, 2.45) is 0 Å². The van der Waals surface area contributed by atoms with E-state index in [4.69, 9.17) is 9.72 Å². The van der Waals surface area contributed by atoms with Crippen LogP contribution in [-0.4, -0.2) is 11.0 Å². The molecule has 3 heteroatoms. The van der Waals surface area contributed by atoms with Crippen molar-refractivity contribution >= 4 is 5.97 Å². The fraction of sp³-hybridized carbons (Fsp3) is 0.172. The fourth-order valence-corrected chi connectivity index (χ4v) is 4.91. The highest BCUT2D eigenvalue weighted by atomic mass is 16.5. The number of fused-ring (bicyclic) bond motifs is 3. The second-order valence-electron chi connectivity index (χ2n) is 8.30. The number of nitrogens with zero attached hydrogens (tertiary/aromatic N) is 1. The molecule has 0 N–H and O–H groups in total. The second kappa shape index (κ2) is 8.80. The lowest BCUT2D eigenvalue weighted by atomic mass is 9.71. The minimum atomic E-state index is -0.272. The highest BCUT2D eigenvalue weighted by molar-refractivity contribution is 5.79. The number of para-hydroxylation sites is 1. The number of aryl methyl sites for hydroxylation is 1. The molecule has 1 aliphatic carbocycles. The Kier molecular flexibility index (Phi) is 5.55. The Balaban J connectivity index is 1.48. The summed E-state index contributed by atoms with van der Waals surface area (Å²) in [5.74, 6) is 0.384. The molecular weight excluding hydrogens is 394 g/mol. The average Bonchev–Trinajstić information content (AvgIpc) is 3.13. The standard InChI is InChI=1S/C29H25NO2/c31-27(32-23-12-5-2-6-13-23)18-20-29(19-17-22-10-3-1-4-11-22)25-15-8-7-14-24(25)28-26(29)16-9-21-30-28/h1-16,21H,17-20H2. The number of carbonyl (C=O) groups excluding carboxylic acids is 1. The van der Waals surface area contributed by atoms with Gasteiger partial charge in [-0.3, -0.25) is 9.78 Å². The van der Waals surface area contributed by atoms with Crippen molar-refractivity contribution in [1.82, 2.24) is 4.98 Å². The molecular formula is C29H25NO2. The third kappa shape index (κ3) is 3.82. The monoisotopic (exact) mass is 419 g/mol. The topological polar surface area (TPSA) is 39.2 Å². The van der Waals surface area contributed by atoms with E-state index in [1.165, 1.54) is 22.3 Å². The van der Waals surface area contributed by atoms with Crippen molar-refractivity contribution in [3.8, 4) is 17.0 Å². The SMILES string of the molecule is O=C(CCC1(CCc2ccccc2)c2ccccc2-c2ncccc21)Oc1ccccc1. The van der Waals surface area contributed by atoms with Crippen LogP contribution in [0.4, 0.5) is 0 Å². The molecule has 5 rings (SSSR count). The molecule has 0 radical (unpaired) electrons. The first-order valence-electron chi connectivity index (χ1n) is 11.1. The summed E-state index contributed by atoms with van der Waals surface area (Å²) in [6.07, 6.45) is 4.71. The molecule has 1 aromatic heterocycles. The number of ether oxygens (including phenoxy) is 1. The number of esters is 1. The van der Waals surface area contributed by atoms with Gasteiger partial charge in [-0.1, -0.05) is 78.9 Å². The van der Waals surface area contributed by atoms with Gasteiger partial charge >= 0.3 is 5.97 Å². The number of rotatable bonds is 7. The highest BCUT2D eigenvalue weighted by Crippen LogP contribution is 2.52. The molecule has 1 unspecified atom stereocenters. The number of pyridine rings is 1. The lowest BCUT2D eigenvalue weighted by molar-refractivity contribution is -0.134. The van der Waals surface area contributed by atoms with Crippen LogP contribution in [0, 0.1) is 0 Å². The number of benzene rings is 3. The lowest BCUT2D eigenvalue weighted by Crippen LogP contribution is -2.28. The first-order chi connectivity index (χ1) is 15.8. The van der Waals surface area contributed by atoms with E-state index in [-0.39, 0.29) is 11.4 Å². The van der Waals surface area contributed by atoms with Crippen LogP contribution in [0.25, 0.3) is 11.3 Å². The van der Waals surface area contributed by atoms with E-state index >= 15 is 0 Å². The molecule has 3 aromatic carbocycles. The largest absolute Gasteiger partial charge is 0.427 e. The highest BCUT2D eigenvalue weighted by Gasteiger charge is 2.43. The van der Waals surface area contributed by atoms with Crippen LogP contribution in [0.15, 0.2) is 103 Å². The molecule has 0 fully saturated rings. The maximum atomic E-state index is 12.8. The van der Waals surface area contributed by atoms with Gasteiger partial charge in [0.1, 0.15) is 5.75 Å². The summed E-state index contributed by atoms with van der Waals surface area (Å²) in [7, 11) is 0. The molecule has 4 aromatic rings. The lowest BCUT2D eigenvalue weighted by Gasteiger charge is -2.32. The van der Waals surface area contributed by atoms with Crippen molar-refractivity contribution < 1.29 is 9.53 Å². The van der Waals surface area contributed by atoms with Crippen LogP contribution in [0.1, 0.15) is 36.0 Å². The van der Waals surface area contributed by atoms with Crippen LogP contribution in [0.2, 0.25) is 0 Å². The summed E-state index contributed by atoms with van der Waals surface area (Å²) >= 11 is 0. The molecule has 1 heterocycles. The van der Waals surface area contributed by atoms with Gasteiger partial charge in [0.15, 0.2) is 0 Å². The summed E-state index contributed by atoms with van der Waals surface area (Å²) in [5.41, 5.74) is 5.71. The van der Waals surface area contributed by atoms with Crippen LogP contribution >= 0.6 is 0 Å². The molecule has 0 amide bonds. The van der Waals surface area contributed by atoms with E-state index < -0.39 is 0 Å². The number of hydrogen-bond acceptors (Lipinski definition) is 3. The van der Waals surface area contributed by atoms with Crippen molar-refractivity contribution in [3.63, 3.8) is 0 Å². The minimum absolute atomic E-state index is 0.204. The van der Waals surface area contributed by atoms with E-state index in [1.54, 1.807) is 0 Å². The van der Waals surface area contributed by atoms with Gasteiger partial charge in [-0.2, -0.15) is 0 Å². The van der Waals surface area contributed by atoms with E-state index in [2.05, 4.69) is 54.6 Å². The summed E-state index contributed by atoms with van der Waals surface area (Å²) < 4.78 is 5.60. The second-order valence-corrected chi connectivity index (χ2v) is 8.30. The van der Waals surface area contributed by atoms with Gasteiger partial charge in [-0.05, 0) is 54.2 Å². The molecule has 32 heavy (non-hydrogen) atoms. The first-order valence-corrected chi connectivity index (χ1v) is 11.1. The van der Waals surface area contributed by atoms with Crippen LogP contribution in [-0.2, 0) is 16.6 Å². The van der Waals surface area contributed by atoms with Gasteiger partial charge in [0.25, 0.3) is 0 Å². The first kappa shape index (κ1) is 20.2. The van der Waals surface area contributed by atoms with Crippen molar-refractivity contribution in [2.45, 2.75) is 31.1 Å². The van der Waals surface area contributed by atoms with Gasteiger partial charge < -0.3 is 4.74 Å². The molecule has 0 saturated carbocycles. The van der Waals surface area contributed by atoms with Gasteiger partial charge in [-0.15, -0.1) is 0 Å². The Morgan fingerprint density at radius 2 is 1.44 bits per heavy atom. The quantitative estimate of drug-likeness (QED) is 0.258. The number of hydrogen-bond donors (Lipinski definition) is 0. The number of aromatic nitrogens is 1. The van der Waals surface area contributed by atoms with E-state index in [1.807, 2.05) is 48.7 Å². The van der Waals surface area contributed by atoms with Gasteiger partial charge in [0, 0.05) is 23.6 Å². The molecule has 0 saturated heterocycles. The molecule has 0 aliphatic heterocycles. The minimum Gasteiger partial charge on any atom is -0.427 e. The zero-order chi connectivity index (χ0) is 21.8. The Labute approximate surface area is 188 Å². The Hall–Kier alpha value is -3.72. The smallest absolute Gasteiger partial charge is 0.311 e. The van der Waals surface area contributed by atoms with Crippen molar-refractivity contribution in [3.05, 3.63) is 120 Å². The van der Waals surface area contributed by atoms with Gasteiger partial charge in [-0.25, -0.2) is 0 Å². The number of carbonyl (C=O) groups is 1. The van der Waals surface area contributed by atoms with Crippen LogP contribution in [0.3, 0.4) is 0 Å². The fourth-order valence-electron chi connectivity index (χ4n) is 4.91. The molecule has 158 valence electrons. The van der Waals surface area contributed by atoms with Crippen LogP contribution in [0.5, 0.6) is 5.75 Å². The summed E-state index contributed by atoms with van der Waals surface area (Å²) in [4.78, 5) is 17.5. The maximum Gasteiger partial charge on any atom is 0.311 e. The normalized spacial score (nSPS) is 16.2. The molecule has 3 nitrogen and oxygen atoms in total. The zero-order valence-corrected chi connectivity index (χ0v) is 17.9. The molecule has 0 bridgehead atoms. The third-order valence-electron chi connectivity index (χ3n) is 6.44. The average molecular weight is 420 g/mol. The summed E-state index contributed by atoms with van der Waals surface area (Å²) in [6, 6.07) is 32.5. The van der Waals surface area contributed by atoms with E-state index in [9.17, 15) is 4.79 Å². The molecule has 1 atom stereocenters. The predicted molar refractivity (Wildman–Crippen MR) is 127 cm³/mol. The van der Waals surface area contributed by atoms with E-state index in [0.29, 0.717) is 18.6 Å². The van der Waals surface area contributed by atoms with Gasteiger partial charge in [0.05, 0.1) is 5.69 Å². The third-order valence-corrected chi connectivity index (χ3v) is 6.44.